The molecule has 15 heavy (non-hydrogen) atoms. The molecule has 5 nitrogen and oxygen atoms in total. The fourth-order valence-corrected chi connectivity index (χ4v) is 1.64. The number of fused-ring (bicyclic) bond motifs is 1. The molecule has 1 heterocycles. The molecule has 1 aromatic rings. The van der Waals surface area contributed by atoms with Gasteiger partial charge < -0.3 is 20.3 Å². The van der Waals surface area contributed by atoms with Crippen molar-refractivity contribution >= 4 is 11.6 Å². The largest absolute Gasteiger partial charge is 0.364 e. The molecular weight excluding hydrogens is 198 g/mol. The van der Waals surface area contributed by atoms with Crippen LogP contribution in [0.4, 0.5) is 5.69 Å². The predicted molar refractivity (Wildman–Crippen MR) is 51.8 cm³/mol. The third-order valence-corrected chi connectivity index (χ3v) is 2.22. The number of carbonyl (C=O) groups is 1. The predicted octanol–water partition coefficient (Wildman–Crippen LogP) is 0.657. The Morgan fingerprint density at radius 2 is 2.13 bits per heavy atom. The zero-order chi connectivity index (χ0) is 11.0. The molecule has 0 bridgehead atoms. The van der Waals surface area contributed by atoms with E-state index in [4.69, 9.17) is 4.74 Å². The summed E-state index contributed by atoms with van der Waals surface area (Å²) in [5, 5.41) is 21.5. The Labute approximate surface area is 86.3 Å². The van der Waals surface area contributed by atoms with Gasteiger partial charge in [0.25, 0.3) is 0 Å². The maximum atomic E-state index is 10.9. The summed E-state index contributed by atoms with van der Waals surface area (Å²) in [6.45, 7) is 1.37. The standard InChI is InChI=1S/C10H11NO4/c1-5(12)11-7-4-2-3-6-8(7)10(14)15-9(6)13/h2-4,9-10,13-14H,1H3,(H,11,12). The molecular formula is C10H11NO4. The lowest BCUT2D eigenvalue weighted by atomic mass is 10.1. The maximum Gasteiger partial charge on any atom is 0.221 e. The number of aliphatic hydroxyl groups is 2. The van der Waals surface area contributed by atoms with Crippen LogP contribution in [0.2, 0.25) is 0 Å². The van der Waals surface area contributed by atoms with Gasteiger partial charge in [0.2, 0.25) is 5.91 Å². The van der Waals surface area contributed by atoms with Crippen LogP contribution in [-0.4, -0.2) is 16.1 Å². The van der Waals surface area contributed by atoms with E-state index in [2.05, 4.69) is 5.32 Å². The average molecular weight is 209 g/mol. The second-order valence-electron chi connectivity index (χ2n) is 3.33. The van der Waals surface area contributed by atoms with Crippen molar-refractivity contribution in [3.05, 3.63) is 29.3 Å². The molecule has 1 aromatic carbocycles. The minimum atomic E-state index is -1.20. The molecule has 2 atom stereocenters. The molecule has 1 aliphatic heterocycles. The Hall–Kier alpha value is -1.43. The van der Waals surface area contributed by atoms with E-state index in [0.29, 0.717) is 16.8 Å². The van der Waals surface area contributed by atoms with Crippen LogP contribution in [0.15, 0.2) is 18.2 Å². The number of rotatable bonds is 1. The van der Waals surface area contributed by atoms with Crippen molar-refractivity contribution in [3.8, 4) is 0 Å². The second kappa shape index (κ2) is 3.62. The summed E-state index contributed by atoms with van der Waals surface area (Å²) >= 11 is 0. The van der Waals surface area contributed by atoms with Crippen LogP contribution in [0.3, 0.4) is 0 Å². The quantitative estimate of drug-likeness (QED) is 0.634. The fourth-order valence-electron chi connectivity index (χ4n) is 1.64. The Kier molecular flexibility index (Phi) is 2.44. The van der Waals surface area contributed by atoms with Gasteiger partial charge in [0.15, 0.2) is 12.6 Å². The van der Waals surface area contributed by atoms with Crippen molar-refractivity contribution in [2.75, 3.05) is 5.32 Å². The zero-order valence-corrected chi connectivity index (χ0v) is 8.10. The first-order valence-electron chi connectivity index (χ1n) is 4.51. The van der Waals surface area contributed by atoms with Gasteiger partial charge in [-0.15, -0.1) is 0 Å². The van der Waals surface area contributed by atoms with Crippen molar-refractivity contribution in [2.24, 2.45) is 0 Å². The van der Waals surface area contributed by atoms with Crippen molar-refractivity contribution in [1.82, 2.24) is 0 Å². The Morgan fingerprint density at radius 3 is 2.80 bits per heavy atom. The first-order valence-corrected chi connectivity index (χ1v) is 4.51. The average Bonchev–Trinajstić information content (AvgIpc) is 2.43. The minimum absolute atomic E-state index is 0.239. The highest BCUT2D eigenvalue weighted by molar-refractivity contribution is 5.89. The lowest BCUT2D eigenvalue weighted by Gasteiger charge is -2.09. The Morgan fingerprint density at radius 1 is 1.40 bits per heavy atom. The third-order valence-electron chi connectivity index (χ3n) is 2.22. The summed E-state index contributed by atoms with van der Waals surface area (Å²) in [5.74, 6) is -0.239. The normalized spacial score (nSPS) is 23.7. The second-order valence-corrected chi connectivity index (χ2v) is 3.33. The van der Waals surface area contributed by atoms with Gasteiger partial charge in [-0.2, -0.15) is 0 Å². The Bertz CT molecular complexity index is 404. The van der Waals surface area contributed by atoms with Gasteiger partial charge >= 0.3 is 0 Å². The molecule has 1 aliphatic rings. The van der Waals surface area contributed by atoms with Crippen molar-refractivity contribution in [1.29, 1.82) is 0 Å². The molecule has 0 radical (unpaired) electrons. The van der Waals surface area contributed by atoms with Gasteiger partial charge in [0, 0.05) is 23.7 Å². The molecule has 2 rings (SSSR count). The lowest BCUT2D eigenvalue weighted by molar-refractivity contribution is -0.193. The molecule has 0 saturated heterocycles. The van der Waals surface area contributed by atoms with Gasteiger partial charge in [-0.3, -0.25) is 4.79 Å². The molecule has 0 fully saturated rings. The van der Waals surface area contributed by atoms with E-state index in [-0.39, 0.29) is 5.91 Å². The minimum Gasteiger partial charge on any atom is -0.364 e. The van der Waals surface area contributed by atoms with E-state index in [1.165, 1.54) is 6.92 Å². The Balaban J connectivity index is 2.45. The van der Waals surface area contributed by atoms with Gasteiger partial charge in [0.05, 0.1) is 0 Å². The summed E-state index contributed by atoms with van der Waals surface area (Å²) in [6, 6.07) is 4.96. The van der Waals surface area contributed by atoms with E-state index in [1.54, 1.807) is 18.2 Å². The van der Waals surface area contributed by atoms with Crippen LogP contribution < -0.4 is 5.32 Å². The molecule has 1 amide bonds. The van der Waals surface area contributed by atoms with Crippen LogP contribution >= 0.6 is 0 Å². The molecule has 2 unspecified atom stereocenters. The van der Waals surface area contributed by atoms with Crippen LogP contribution in [0, 0.1) is 0 Å². The number of anilines is 1. The van der Waals surface area contributed by atoms with Crippen molar-refractivity contribution < 1.29 is 19.7 Å². The first-order chi connectivity index (χ1) is 7.09. The summed E-state index contributed by atoms with van der Waals surface area (Å²) in [5.41, 5.74) is 1.36. The number of ether oxygens (including phenoxy) is 1. The number of carbonyl (C=O) groups excluding carboxylic acids is 1. The first kappa shape index (κ1) is 10.1. The fraction of sp³-hybridized carbons (Fsp3) is 0.300. The smallest absolute Gasteiger partial charge is 0.221 e. The maximum absolute atomic E-state index is 10.9. The highest BCUT2D eigenvalue weighted by Gasteiger charge is 2.31. The summed E-state index contributed by atoms with van der Waals surface area (Å²) < 4.78 is 4.81. The summed E-state index contributed by atoms with van der Waals surface area (Å²) in [4.78, 5) is 10.9. The molecule has 3 N–H and O–H groups in total. The molecule has 0 aliphatic carbocycles. The zero-order valence-electron chi connectivity index (χ0n) is 8.10. The van der Waals surface area contributed by atoms with Crippen LogP contribution in [0.25, 0.3) is 0 Å². The highest BCUT2D eigenvalue weighted by atomic mass is 16.7. The summed E-state index contributed by atoms with van der Waals surface area (Å²) in [6.07, 6.45) is -2.33. The van der Waals surface area contributed by atoms with E-state index in [1.807, 2.05) is 0 Å². The van der Waals surface area contributed by atoms with E-state index in [0.717, 1.165) is 0 Å². The van der Waals surface area contributed by atoms with Gasteiger partial charge in [0.1, 0.15) is 0 Å². The van der Waals surface area contributed by atoms with E-state index in [9.17, 15) is 15.0 Å². The van der Waals surface area contributed by atoms with E-state index < -0.39 is 12.6 Å². The number of nitrogens with one attached hydrogen (secondary N) is 1. The third kappa shape index (κ3) is 1.72. The number of aliphatic hydroxyl groups excluding tert-OH is 2. The number of hydrogen-bond acceptors (Lipinski definition) is 4. The van der Waals surface area contributed by atoms with Crippen LogP contribution in [0.5, 0.6) is 0 Å². The van der Waals surface area contributed by atoms with Crippen LogP contribution in [0.1, 0.15) is 30.6 Å². The highest BCUT2D eigenvalue weighted by Crippen LogP contribution is 2.40. The lowest BCUT2D eigenvalue weighted by Crippen LogP contribution is -2.09. The van der Waals surface area contributed by atoms with Crippen molar-refractivity contribution in [2.45, 2.75) is 19.5 Å². The SMILES string of the molecule is CC(=O)Nc1cccc2c1C(O)OC2O. The molecule has 0 spiro atoms. The van der Waals surface area contributed by atoms with Crippen molar-refractivity contribution in [3.63, 3.8) is 0 Å². The molecule has 0 saturated carbocycles. The number of amides is 1. The van der Waals surface area contributed by atoms with Gasteiger partial charge in [-0.1, -0.05) is 12.1 Å². The van der Waals surface area contributed by atoms with E-state index >= 15 is 0 Å². The molecule has 80 valence electrons. The number of hydrogen-bond donors (Lipinski definition) is 3. The van der Waals surface area contributed by atoms with Gasteiger partial charge in [-0.05, 0) is 6.07 Å². The monoisotopic (exact) mass is 209 g/mol. The van der Waals surface area contributed by atoms with Crippen LogP contribution in [-0.2, 0) is 9.53 Å². The summed E-state index contributed by atoms with van der Waals surface area (Å²) in [7, 11) is 0. The topological polar surface area (TPSA) is 78.8 Å². The molecule has 0 aromatic heterocycles. The number of benzene rings is 1. The van der Waals surface area contributed by atoms with Gasteiger partial charge in [-0.25, -0.2) is 0 Å². The molecule has 5 heteroatoms.